The SMILES string of the molecule is N#CCN(C(=O)COc1ccc(N)cc1)c1ccccc1. The first-order valence-electron chi connectivity index (χ1n) is 6.41. The summed E-state index contributed by atoms with van der Waals surface area (Å²) in [5.74, 6) is 0.280. The summed E-state index contributed by atoms with van der Waals surface area (Å²) in [5, 5.41) is 8.86. The van der Waals surface area contributed by atoms with E-state index in [0.29, 0.717) is 17.1 Å². The van der Waals surface area contributed by atoms with Crippen molar-refractivity contribution in [3.8, 4) is 11.8 Å². The minimum absolute atomic E-state index is 0.0199. The van der Waals surface area contributed by atoms with E-state index in [1.165, 1.54) is 4.90 Å². The zero-order valence-corrected chi connectivity index (χ0v) is 11.4. The highest BCUT2D eigenvalue weighted by molar-refractivity contribution is 5.94. The number of amides is 1. The van der Waals surface area contributed by atoms with Gasteiger partial charge in [-0.2, -0.15) is 5.26 Å². The fourth-order valence-electron chi connectivity index (χ4n) is 1.79. The molecule has 21 heavy (non-hydrogen) atoms. The molecule has 0 unspecified atom stereocenters. The minimum Gasteiger partial charge on any atom is -0.484 e. The van der Waals surface area contributed by atoms with Crippen LogP contribution in [-0.4, -0.2) is 19.1 Å². The van der Waals surface area contributed by atoms with Gasteiger partial charge in [0.2, 0.25) is 0 Å². The summed E-state index contributed by atoms with van der Waals surface area (Å²) in [4.78, 5) is 13.6. The predicted molar refractivity (Wildman–Crippen MR) is 80.8 cm³/mol. The van der Waals surface area contributed by atoms with Gasteiger partial charge in [0.1, 0.15) is 12.3 Å². The molecule has 0 aliphatic heterocycles. The maximum atomic E-state index is 12.2. The number of benzene rings is 2. The Hall–Kier alpha value is -3.00. The van der Waals surface area contributed by atoms with Crippen molar-refractivity contribution in [2.75, 3.05) is 23.8 Å². The van der Waals surface area contributed by atoms with Crippen LogP contribution in [0.15, 0.2) is 54.6 Å². The van der Waals surface area contributed by atoms with Crippen LogP contribution in [0, 0.1) is 11.3 Å². The third-order valence-electron chi connectivity index (χ3n) is 2.84. The van der Waals surface area contributed by atoms with E-state index in [9.17, 15) is 4.79 Å². The van der Waals surface area contributed by atoms with Crippen molar-refractivity contribution < 1.29 is 9.53 Å². The molecule has 5 nitrogen and oxygen atoms in total. The number of hydrogen-bond acceptors (Lipinski definition) is 4. The summed E-state index contributed by atoms with van der Waals surface area (Å²) in [6, 6.07) is 17.8. The lowest BCUT2D eigenvalue weighted by Crippen LogP contribution is -2.35. The van der Waals surface area contributed by atoms with Crippen molar-refractivity contribution in [3.63, 3.8) is 0 Å². The summed E-state index contributed by atoms with van der Waals surface area (Å²) in [7, 11) is 0. The van der Waals surface area contributed by atoms with E-state index in [1.54, 1.807) is 36.4 Å². The summed E-state index contributed by atoms with van der Waals surface area (Å²) in [6.07, 6.45) is 0. The predicted octanol–water partition coefficient (Wildman–Crippen LogP) is 2.20. The molecule has 0 aliphatic carbocycles. The highest BCUT2D eigenvalue weighted by Gasteiger charge is 2.15. The molecule has 0 atom stereocenters. The summed E-state index contributed by atoms with van der Waals surface area (Å²) >= 11 is 0. The van der Waals surface area contributed by atoms with Gasteiger partial charge in [-0.3, -0.25) is 9.69 Å². The number of carbonyl (C=O) groups is 1. The van der Waals surface area contributed by atoms with E-state index >= 15 is 0 Å². The van der Waals surface area contributed by atoms with Gasteiger partial charge in [0, 0.05) is 11.4 Å². The fraction of sp³-hybridized carbons (Fsp3) is 0.125. The largest absolute Gasteiger partial charge is 0.484 e. The summed E-state index contributed by atoms with van der Waals surface area (Å²) < 4.78 is 5.42. The van der Waals surface area contributed by atoms with Crippen molar-refractivity contribution in [2.45, 2.75) is 0 Å². The Bertz CT molecular complexity index is 633. The number of nitriles is 1. The Kier molecular flexibility index (Phi) is 4.78. The van der Waals surface area contributed by atoms with Crippen LogP contribution in [-0.2, 0) is 4.79 Å². The minimum atomic E-state index is -0.278. The number of nitrogen functional groups attached to an aromatic ring is 1. The van der Waals surface area contributed by atoms with Crippen LogP contribution in [0.25, 0.3) is 0 Å². The third kappa shape index (κ3) is 3.98. The van der Waals surface area contributed by atoms with Crippen LogP contribution in [0.1, 0.15) is 0 Å². The van der Waals surface area contributed by atoms with E-state index in [-0.39, 0.29) is 19.1 Å². The quantitative estimate of drug-likeness (QED) is 0.673. The van der Waals surface area contributed by atoms with E-state index in [0.717, 1.165) is 0 Å². The van der Waals surface area contributed by atoms with E-state index in [4.69, 9.17) is 15.7 Å². The molecule has 2 aromatic rings. The van der Waals surface area contributed by atoms with Crippen LogP contribution >= 0.6 is 0 Å². The van der Waals surface area contributed by atoms with Gasteiger partial charge in [0.15, 0.2) is 6.61 Å². The Morgan fingerprint density at radius 3 is 2.43 bits per heavy atom. The van der Waals surface area contributed by atoms with Gasteiger partial charge in [-0.1, -0.05) is 18.2 Å². The second-order valence-corrected chi connectivity index (χ2v) is 4.33. The second-order valence-electron chi connectivity index (χ2n) is 4.33. The monoisotopic (exact) mass is 281 g/mol. The molecular formula is C16H15N3O2. The molecule has 0 aromatic heterocycles. The van der Waals surface area contributed by atoms with Gasteiger partial charge < -0.3 is 10.5 Å². The van der Waals surface area contributed by atoms with E-state index in [2.05, 4.69) is 0 Å². The molecule has 106 valence electrons. The smallest absolute Gasteiger partial charge is 0.265 e. The Morgan fingerprint density at radius 1 is 1.14 bits per heavy atom. The molecule has 0 bridgehead atoms. The van der Waals surface area contributed by atoms with Crippen LogP contribution in [0.5, 0.6) is 5.75 Å². The second kappa shape index (κ2) is 6.96. The van der Waals surface area contributed by atoms with Crippen molar-refractivity contribution >= 4 is 17.3 Å². The fourth-order valence-corrected chi connectivity index (χ4v) is 1.79. The molecule has 0 heterocycles. The van der Waals surface area contributed by atoms with Crippen molar-refractivity contribution in [2.24, 2.45) is 0 Å². The number of rotatable bonds is 5. The molecule has 5 heteroatoms. The molecule has 2 aromatic carbocycles. The molecule has 0 saturated heterocycles. The van der Waals surface area contributed by atoms with Gasteiger partial charge in [-0.05, 0) is 36.4 Å². The first kappa shape index (κ1) is 14.4. The zero-order chi connectivity index (χ0) is 15.1. The van der Waals surface area contributed by atoms with Crippen LogP contribution in [0.4, 0.5) is 11.4 Å². The Balaban J connectivity index is 2.02. The molecule has 0 spiro atoms. The molecule has 1 amide bonds. The zero-order valence-electron chi connectivity index (χ0n) is 11.4. The molecule has 2 N–H and O–H groups in total. The van der Waals surface area contributed by atoms with Gasteiger partial charge in [-0.15, -0.1) is 0 Å². The highest BCUT2D eigenvalue weighted by atomic mass is 16.5. The topological polar surface area (TPSA) is 79.3 Å². The molecule has 0 aliphatic rings. The van der Waals surface area contributed by atoms with Crippen molar-refractivity contribution in [3.05, 3.63) is 54.6 Å². The number of nitrogens with zero attached hydrogens (tertiary/aromatic N) is 2. The molecule has 0 saturated carbocycles. The summed E-state index contributed by atoms with van der Waals surface area (Å²) in [5.41, 5.74) is 6.88. The third-order valence-corrected chi connectivity index (χ3v) is 2.84. The Morgan fingerprint density at radius 2 is 1.81 bits per heavy atom. The highest BCUT2D eigenvalue weighted by Crippen LogP contribution is 2.15. The number of anilines is 2. The average Bonchev–Trinajstić information content (AvgIpc) is 2.52. The van der Waals surface area contributed by atoms with Crippen LogP contribution in [0.2, 0.25) is 0 Å². The lowest BCUT2D eigenvalue weighted by atomic mass is 10.3. The van der Waals surface area contributed by atoms with Crippen molar-refractivity contribution in [1.29, 1.82) is 5.26 Å². The van der Waals surface area contributed by atoms with Gasteiger partial charge in [0.05, 0.1) is 6.07 Å². The van der Waals surface area contributed by atoms with Crippen LogP contribution in [0.3, 0.4) is 0 Å². The average molecular weight is 281 g/mol. The van der Waals surface area contributed by atoms with Crippen LogP contribution < -0.4 is 15.4 Å². The van der Waals surface area contributed by atoms with Gasteiger partial charge in [-0.25, -0.2) is 0 Å². The first-order valence-corrected chi connectivity index (χ1v) is 6.41. The molecule has 0 radical (unpaired) electrons. The number of hydrogen-bond donors (Lipinski definition) is 1. The molecule has 0 fully saturated rings. The Labute approximate surface area is 123 Å². The lowest BCUT2D eigenvalue weighted by molar-refractivity contribution is -0.120. The normalized spacial score (nSPS) is 9.67. The molecular weight excluding hydrogens is 266 g/mol. The number of carbonyl (C=O) groups excluding carboxylic acids is 1. The first-order chi connectivity index (χ1) is 10.2. The summed E-state index contributed by atoms with van der Waals surface area (Å²) in [6.45, 7) is -0.158. The van der Waals surface area contributed by atoms with Crippen molar-refractivity contribution in [1.82, 2.24) is 0 Å². The number of ether oxygens (including phenoxy) is 1. The van der Waals surface area contributed by atoms with Gasteiger partial charge >= 0.3 is 0 Å². The van der Waals surface area contributed by atoms with E-state index in [1.807, 2.05) is 24.3 Å². The molecule has 2 rings (SSSR count). The van der Waals surface area contributed by atoms with Gasteiger partial charge in [0.25, 0.3) is 5.91 Å². The number of nitrogens with two attached hydrogens (primary N) is 1. The lowest BCUT2D eigenvalue weighted by Gasteiger charge is -2.19. The number of para-hydroxylation sites is 1. The maximum absolute atomic E-state index is 12.2. The standard InChI is InChI=1S/C16H15N3O2/c17-10-11-19(14-4-2-1-3-5-14)16(20)12-21-15-8-6-13(18)7-9-15/h1-9H,11-12,18H2. The van der Waals surface area contributed by atoms with E-state index < -0.39 is 0 Å². The maximum Gasteiger partial charge on any atom is 0.265 e.